The first kappa shape index (κ1) is 17.7. The topological polar surface area (TPSA) is 59.1 Å². The quantitative estimate of drug-likeness (QED) is 0.622. The molecule has 0 saturated heterocycles. The fourth-order valence-corrected chi connectivity index (χ4v) is 2.85. The minimum atomic E-state index is 0.577. The van der Waals surface area contributed by atoms with E-state index in [2.05, 4.69) is 52.6 Å². The third-order valence-electron chi connectivity index (χ3n) is 4.23. The number of anilines is 4. The van der Waals surface area contributed by atoms with Crippen LogP contribution in [0.3, 0.4) is 0 Å². The van der Waals surface area contributed by atoms with Crippen LogP contribution < -0.4 is 15.4 Å². The Kier molecular flexibility index (Phi) is 5.69. The van der Waals surface area contributed by atoms with Crippen molar-refractivity contribution in [3.63, 3.8) is 0 Å². The van der Waals surface area contributed by atoms with Gasteiger partial charge in [-0.25, -0.2) is 4.98 Å². The second kappa shape index (κ2) is 8.34. The first-order chi connectivity index (χ1) is 12.7. The summed E-state index contributed by atoms with van der Waals surface area (Å²) in [5, 5.41) is 6.70. The van der Waals surface area contributed by atoms with Gasteiger partial charge in [-0.05, 0) is 42.2 Å². The molecule has 0 atom stereocenters. The van der Waals surface area contributed by atoms with E-state index < -0.39 is 0 Å². The maximum Gasteiger partial charge on any atom is 0.229 e. The lowest BCUT2D eigenvalue weighted by atomic mass is 10.0. The SMILES string of the molecule is CCc1cccc(CC)c1Nc1nccc(Nc2cccc(OC)c2)n1. The fraction of sp³-hybridized carbons (Fsp3) is 0.238. The van der Waals surface area contributed by atoms with E-state index in [0.717, 1.165) is 35.8 Å². The third-order valence-corrected chi connectivity index (χ3v) is 4.23. The van der Waals surface area contributed by atoms with Gasteiger partial charge in [0.1, 0.15) is 11.6 Å². The number of aryl methyl sites for hydroxylation is 2. The van der Waals surface area contributed by atoms with E-state index in [0.29, 0.717) is 5.95 Å². The smallest absolute Gasteiger partial charge is 0.229 e. The van der Waals surface area contributed by atoms with Gasteiger partial charge in [-0.3, -0.25) is 0 Å². The zero-order valence-electron chi connectivity index (χ0n) is 15.4. The molecular formula is C21H24N4O. The highest BCUT2D eigenvalue weighted by Crippen LogP contribution is 2.26. The number of ether oxygens (including phenoxy) is 1. The van der Waals surface area contributed by atoms with Crippen molar-refractivity contribution in [2.45, 2.75) is 26.7 Å². The van der Waals surface area contributed by atoms with Crippen LogP contribution in [0.15, 0.2) is 54.7 Å². The molecule has 1 heterocycles. The molecule has 0 unspecified atom stereocenters. The van der Waals surface area contributed by atoms with Gasteiger partial charge in [-0.2, -0.15) is 4.98 Å². The number of aromatic nitrogens is 2. The minimum Gasteiger partial charge on any atom is -0.497 e. The molecule has 0 spiro atoms. The monoisotopic (exact) mass is 348 g/mol. The summed E-state index contributed by atoms with van der Waals surface area (Å²) in [7, 11) is 1.66. The number of rotatable bonds is 7. The van der Waals surface area contributed by atoms with E-state index in [9.17, 15) is 0 Å². The summed E-state index contributed by atoms with van der Waals surface area (Å²) in [6.45, 7) is 4.31. The average Bonchev–Trinajstić information content (AvgIpc) is 2.68. The highest BCUT2D eigenvalue weighted by atomic mass is 16.5. The van der Waals surface area contributed by atoms with E-state index in [1.54, 1.807) is 13.3 Å². The number of methoxy groups -OCH3 is 1. The normalized spacial score (nSPS) is 10.4. The maximum absolute atomic E-state index is 5.26. The maximum atomic E-state index is 5.26. The van der Waals surface area contributed by atoms with Gasteiger partial charge in [0, 0.05) is 23.6 Å². The lowest BCUT2D eigenvalue weighted by Gasteiger charge is -2.15. The molecule has 0 aliphatic carbocycles. The molecule has 0 aliphatic rings. The molecular weight excluding hydrogens is 324 g/mol. The Morgan fingerprint density at radius 3 is 2.35 bits per heavy atom. The fourth-order valence-electron chi connectivity index (χ4n) is 2.85. The van der Waals surface area contributed by atoms with Crippen LogP contribution >= 0.6 is 0 Å². The molecule has 0 radical (unpaired) electrons. The lowest BCUT2D eigenvalue weighted by molar-refractivity contribution is 0.415. The molecule has 0 saturated carbocycles. The highest BCUT2D eigenvalue weighted by molar-refractivity contribution is 5.65. The van der Waals surface area contributed by atoms with Gasteiger partial charge in [0.05, 0.1) is 7.11 Å². The molecule has 5 nitrogen and oxygen atoms in total. The van der Waals surface area contributed by atoms with Crippen molar-refractivity contribution >= 4 is 23.1 Å². The predicted molar refractivity (Wildman–Crippen MR) is 107 cm³/mol. The van der Waals surface area contributed by atoms with Crippen molar-refractivity contribution in [3.05, 3.63) is 65.9 Å². The number of hydrogen-bond donors (Lipinski definition) is 2. The molecule has 0 aliphatic heterocycles. The van der Waals surface area contributed by atoms with Crippen LogP contribution in [0.1, 0.15) is 25.0 Å². The highest BCUT2D eigenvalue weighted by Gasteiger charge is 2.08. The van der Waals surface area contributed by atoms with Gasteiger partial charge < -0.3 is 15.4 Å². The van der Waals surface area contributed by atoms with Crippen LogP contribution in [0, 0.1) is 0 Å². The predicted octanol–water partition coefficient (Wildman–Crippen LogP) is 5.10. The van der Waals surface area contributed by atoms with Crippen LogP contribution in [0.2, 0.25) is 0 Å². The van der Waals surface area contributed by atoms with Crippen molar-refractivity contribution in [2.24, 2.45) is 0 Å². The number of nitrogens with zero attached hydrogens (tertiary/aromatic N) is 2. The minimum absolute atomic E-state index is 0.577. The number of benzene rings is 2. The average molecular weight is 348 g/mol. The summed E-state index contributed by atoms with van der Waals surface area (Å²) >= 11 is 0. The van der Waals surface area contributed by atoms with Crippen LogP contribution in [0.4, 0.5) is 23.1 Å². The van der Waals surface area contributed by atoms with Crippen molar-refractivity contribution < 1.29 is 4.74 Å². The number of hydrogen-bond acceptors (Lipinski definition) is 5. The van der Waals surface area contributed by atoms with E-state index >= 15 is 0 Å². The standard InChI is InChI=1S/C21H24N4O/c1-4-15-8-6-9-16(5-2)20(15)25-21-22-13-12-19(24-21)23-17-10-7-11-18(14-17)26-3/h6-14H,4-5H2,1-3H3,(H2,22,23,24,25). The molecule has 3 aromatic rings. The van der Waals surface area contributed by atoms with E-state index in [1.807, 2.05) is 30.3 Å². The number of nitrogens with one attached hydrogen (secondary N) is 2. The molecule has 1 aromatic heterocycles. The third kappa shape index (κ3) is 4.11. The molecule has 2 N–H and O–H groups in total. The van der Waals surface area contributed by atoms with Crippen molar-refractivity contribution in [2.75, 3.05) is 17.7 Å². The molecule has 134 valence electrons. The van der Waals surface area contributed by atoms with E-state index in [-0.39, 0.29) is 0 Å². The molecule has 26 heavy (non-hydrogen) atoms. The second-order valence-electron chi connectivity index (χ2n) is 5.91. The lowest BCUT2D eigenvalue weighted by Crippen LogP contribution is -2.04. The van der Waals surface area contributed by atoms with E-state index in [4.69, 9.17) is 4.74 Å². The zero-order chi connectivity index (χ0) is 18.4. The van der Waals surface area contributed by atoms with Gasteiger partial charge in [0.2, 0.25) is 5.95 Å². The molecule has 0 fully saturated rings. The zero-order valence-corrected chi connectivity index (χ0v) is 15.4. The Morgan fingerprint density at radius 1 is 0.923 bits per heavy atom. The van der Waals surface area contributed by atoms with Gasteiger partial charge in [0.25, 0.3) is 0 Å². The van der Waals surface area contributed by atoms with Gasteiger partial charge >= 0.3 is 0 Å². The largest absolute Gasteiger partial charge is 0.497 e. The Hall–Kier alpha value is -3.08. The summed E-state index contributed by atoms with van der Waals surface area (Å²) in [6, 6.07) is 16.0. The second-order valence-corrected chi connectivity index (χ2v) is 5.91. The van der Waals surface area contributed by atoms with E-state index in [1.165, 1.54) is 11.1 Å². The van der Waals surface area contributed by atoms with Crippen LogP contribution in [-0.2, 0) is 12.8 Å². The number of para-hydroxylation sites is 1. The summed E-state index contributed by atoms with van der Waals surface area (Å²) < 4.78 is 5.26. The van der Waals surface area contributed by atoms with Crippen LogP contribution in [0.5, 0.6) is 5.75 Å². The van der Waals surface area contributed by atoms with Gasteiger partial charge in [0.15, 0.2) is 0 Å². The van der Waals surface area contributed by atoms with Crippen LogP contribution in [0.25, 0.3) is 0 Å². The Balaban J connectivity index is 1.84. The molecule has 0 amide bonds. The molecule has 0 bridgehead atoms. The first-order valence-electron chi connectivity index (χ1n) is 8.85. The molecule has 2 aromatic carbocycles. The van der Waals surface area contributed by atoms with Crippen molar-refractivity contribution in [1.82, 2.24) is 9.97 Å². The van der Waals surface area contributed by atoms with Crippen molar-refractivity contribution in [3.8, 4) is 5.75 Å². The molecule has 3 rings (SSSR count). The Morgan fingerprint density at radius 2 is 1.65 bits per heavy atom. The summed E-state index contributed by atoms with van der Waals surface area (Å²) in [4.78, 5) is 8.97. The Bertz CT molecular complexity index is 857. The summed E-state index contributed by atoms with van der Waals surface area (Å²) in [5.41, 5.74) is 4.55. The van der Waals surface area contributed by atoms with Gasteiger partial charge in [-0.15, -0.1) is 0 Å². The summed E-state index contributed by atoms with van der Waals surface area (Å²) in [5.74, 6) is 2.10. The van der Waals surface area contributed by atoms with Crippen molar-refractivity contribution in [1.29, 1.82) is 0 Å². The first-order valence-corrected chi connectivity index (χ1v) is 8.85. The summed E-state index contributed by atoms with van der Waals surface area (Å²) in [6.07, 6.45) is 3.66. The molecule has 5 heteroatoms. The van der Waals surface area contributed by atoms with Crippen LogP contribution in [-0.4, -0.2) is 17.1 Å². The van der Waals surface area contributed by atoms with Gasteiger partial charge in [-0.1, -0.05) is 38.1 Å². The Labute approximate surface area is 154 Å².